The average molecular weight is 481 g/mol. The molecule has 0 saturated carbocycles. The Morgan fingerprint density at radius 2 is 1.97 bits per heavy atom. The van der Waals surface area contributed by atoms with Gasteiger partial charge in [0.25, 0.3) is 0 Å². The number of nitrogens with zero attached hydrogens (tertiary/aromatic N) is 5. The first-order valence-electron chi connectivity index (χ1n) is 10.6. The van der Waals surface area contributed by atoms with Crippen molar-refractivity contribution < 1.29 is 14.4 Å². The molecule has 4 heterocycles. The number of benzene rings is 1. The fourth-order valence-electron chi connectivity index (χ4n) is 3.78. The molecule has 0 bridgehead atoms. The molecule has 176 valence electrons. The monoisotopic (exact) mass is 480 g/mol. The topological polar surface area (TPSA) is 150 Å². The van der Waals surface area contributed by atoms with Crippen LogP contribution in [-0.2, 0) is 14.4 Å². The van der Waals surface area contributed by atoms with Gasteiger partial charge in [0.05, 0.1) is 44.7 Å². The van der Waals surface area contributed by atoms with E-state index < -0.39 is 11.8 Å². The lowest BCUT2D eigenvalue weighted by Gasteiger charge is -2.39. The van der Waals surface area contributed by atoms with Gasteiger partial charge in [0, 0.05) is 32.6 Å². The summed E-state index contributed by atoms with van der Waals surface area (Å²) < 4.78 is 1.26. The molecule has 1 atom stereocenters. The molecule has 1 aliphatic heterocycles. The van der Waals surface area contributed by atoms with E-state index >= 15 is 0 Å². The fraction of sp³-hybridized carbons (Fsp3) is 0.273. The summed E-state index contributed by atoms with van der Waals surface area (Å²) in [7, 11) is 0. The highest BCUT2D eigenvalue weighted by atomic mass is 32.1. The maximum atomic E-state index is 12.4. The fourth-order valence-corrected chi connectivity index (χ4v) is 4.46. The largest absolute Gasteiger partial charge is 0.383 e. The van der Waals surface area contributed by atoms with Crippen molar-refractivity contribution in [3.8, 4) is 0 Å². The minimum atomic E-state index is -0.772. The van der Waals surface area contributed by atoms with Gasteiger partial charge in [0.2, 0.25) is 5.91 Å². The number of nitrogens with two attached hydrogens (primary N) is 1. The summed E-state index contributed by atoms with van der Waals surface area (Å²) in [5, 5.41) is 9.70. The van der Waals surface area contributed by atoms with Crippen LogP contribution >= 0.6 is 11.3 Å². The zero-order valence-electron chi connectivity index (χ0n) is 18.7. The zero-order chi connectivity index (χ0) is 24.2. The van der Waals surface area contributed by atoms with Crippen molar-refractivity contribution in [2.75, 3.05) is 30.7 Å². The molecule has 34 heavy (non-hydrogen) atoms. The Kier molecular flexibility index (Phi) is 6.68. The maximum absolute atomic E-state index is 12.4. The van der Waals surface area contributed by atoms with Gasteiger partial charge in [-0.1, -0.05) is 12.1 Å². The third kappa shape index (κ3) is 4.81. The van der Waals surface area contributed by atoms with E-state index in [2.05, 4.69) is 31.5 Å². The second kappa shape index (κ2) is 9.83. The standard InChI is InChI=1S/C15H19N7O3.C7H5NS/c1-8-7-21(3-4-22(8)9(2)23)15(25)14(24)19-11-6-17-13(16)10-5-18-20-12(10)11;1-2-4-7-6(3-1)8-5-9-7/h5-6,8H,3-4,7H2,1-2H3,(H2,16,17)(H,18,20)(H,19,24);1-5H. The van der Waals surface area contributed by atoms with Gasteiger partial charge < -0.3 is 20.9 Å². The Bertz CT molecular complexity index is 1320. The van der Waals surface area contributed by atoms with E-state index in [9.17, 15) is 14.4 Å². The Morgan fingerprint density at radius 3 is 2.71 bits per heavy atom. The van der Waals surface area contributed by atoms with Gasteiger partial charge in [-0.3, -0.25) is 19.5 Å². The van der Waals surface area contributed by atoms with Crippen LogP contribution in [0, 0.1) is 0 Å². The SMILES string of the molecule is CC(=O)N1CCN(C(=O)C(=O)Nc2cnc(N)c3cn[nH]c23)CC1C.c1ccc2scnc2c1. The molecule has 4 N–H and O–H groups in total. The Hall–Kier alpha value is -4.06. The molecule has 1 aromatic carbocycles. The molecule has 1 aliphatic rings. The first-order chi connectivity index (χ1) is 16.3. The predicted octanol–water partition coefficient (Wildman–Crippen LogP) is 1.85. The summed E-state index contributed by atoms with van der Waals surface area (Å²) in [6.07, 6.45) is 2.87. The van der Waals surface area contributed by atoms with Crippen LogP contribution in [0.5, 0.6) is 0 Å². The average Bonchev–Trinajstić information content (AvgIpc) is 3.51. The van der Waals surface area contributed by atoms with Crippen LogP contribution in [0.25, 0.3) is 21.1 Å². The lowest BCUT2D eigenvalue weighted by Crippen LogP contribution is -2.56. The number of carbonyl (C=O) groups is 3. The Morgan fingerprint density at radius 1 is 1.18 bits per heavy atom. The second-order valence-corrected chi connectivity index (χ2v) is 8.69. The molecule has 12 heteroatoms. The number of pyridine rings is 1. The Labute approximate surface area is 199 Å². The van der Waals surface area contributed by atoms with Crippen LogP contribution in [0.4, 0.5) is 11.5 Å². The molecule has 11 nitrogen and oxygen atoms in total. The zero-order valence-corrected chi connectivity index (χ0v) is 19.5. The lowest BCUT2D eigenvalue weighted by atomic mass is 10.2. The third-order valence-electron chi connectivity index (χ3n) is 5.52. The van der Waals surface area contributed by atoms with Crippen molar-refractivity contribution in [1.82, 2.24) is 30.0 Å². The van der Waals surface area contributed by atoms with Gasteiger partial charge in [-0.15, -0.1) is 11.3 Å². The second-order valence-electron chi connectivity index (χ2n) is 7.80. The molecule has 3 amide bonds. The molecule has 5 rings (SSSR count). The molecule has 0 radical (unpaired) electrons. The summed E-state index contributed by atoms with van der Waals surface area (Å²) in [6, 6.07) is 7.99. The Balaban J connectivity index is 0.000000252. The number of piperazine rings is 1. The number of aromatic amines is 1. The molecule has 3 aromatic heterocycles. The summed E-state index contributed by atoms with van der Waals surface area (Å²) in [4.78, 5) is 47.5. The number of aromatic nitrogens is 4. The number of para-hydroxylation sites is 1. The van der Waals surface area contributed by atoms with Crippen LogP contribution in [0.3, 0.4) is 0 Å². The summed E-state index contributed by atoms with van der Waals surface area (Å²) in [5.41, 5.74) is 9.54. The van der Waals surface area contributed by atoms with E-state index in [1.54, 1.807) is 16.2 Å². The highest BCUT2D eigenvalue weighted by molar-refractivity contribution is 7.16. The number of carbonyl (C=O) groups excluding carboxylic acids is 3. The molecule has 0 spiro atoms. The number of thiazole rings is 1. The van der Waals surface area contributed by atoms with E-state index in [0.717, 1.165) is 5.52 Å². The molecule has 4 aromatic rings. The first-order valence-corrected chi connectivity index (χ1v) is 11.5. The molecular formula is C22H24N8O3S. The molecule has 1 saturated heterocycles. The van der Waals surface area contributed by atoms with E-state index in [1.807, 2.05) is 30.6 Å². The van der Waals surface area contributed by atoms with Crippen molar-refractivity contribution in [3.63, 3.8) is 0 Å². The van der Waals surface area contributed by atoms with Crippen molar-refractivity contribution >= 4 is 61.7 Å². The molecular weight excluding hydrogens is 456 g/mol. The molecule has 0 aliphatic carbocycles. The number of nitrogen functional groups attached to an aromatic ring is 1. The van der Waals surface area contributed by atoms with Gasteiger partial charge in [-0.2, -0.15) is 5.10 Å². The quantitative estimate of drug-likeness (QED) is 0.352. The molecule has 1 unspecified atom stereocenters. The van der Waals surface area contributed by atoms with Gasteiger partial charge in [-0.05, 0) is 19.1 Å². The minimum absolute atomic E-state index is 0.0429. The summed E-state index contributed by atoms with van der Waals surface area (Å²) >= 11 is 1.68. The van der Waals surface area contributed by atoms with Gasteiger partial charge >= 0.3 is 11.8 Å². The van der Waals surface area contributed by atoms with Gasteiger partial charge in [-0.25, -0.2) is 9.97 Å². The maximum Gasteiger partial charge on any atom is 0.314 e. The van der Waals surface area contributed by atoms with Crippen LogP contribution in [-0.4, -0.2) is 73.4 Å². The van der Waals surface area contributed by atoms with Crippen LogP contribution in [0.1, 0.15) is 13.8 Å². The van der Waals surface area contributed by atoms with Crippen molar-refractivity contribution in [2.24, 2.45) is 0 Å². The molecule has 1 fully saturated rings. The van der Waals surface area contributed by atoms with Crippen molar-refractivity contribution in [2.45, 2.75) is 19.9 Å². The highest BCUT2D eigenvalue weighted by Crippen LogP contribution is 2.24. The number of H-pyrrole nitrogens is 1. The smallest absolute Gasteiger partial charge is 0.314 e. The predicted molar refractivity (Wildman–Crippen MR) is 130 cm³/mol. The van der Waals surface area contributed by atoms with E-state index in [0.29, 0.717) is 36.2 Å². The number of hydrogen-bond donors (Lipinski definition) is 3. The lowest BCUT2D eigenvalue weighted by molar-refractivity contribution is -0.147. The van der Waals surface area contributed by atoms with E-state index in [1.165, 1.54) is 28.9 Å². The van der Waals surface area contributed by atoms with E-state index in [-0.39, 0.29) is 17.8 Å². The van der Waals surface area contributed by atoms with Crippen LogP contribution in [0.2, 0.25) is 0 Å². The number of rotatable bonds is 1. The number of anilines is 2. The minimum Gasteiger partial charge on any atom is -0.383 e. The van der Waals surface area contributed by atoms with Crippen molar-refractivity contribution in [1.29, 1.82) is 0 Å². The number of amides is 3. The van der Waals surface area contributed by atoms with Crippen LogP contribution in [0.15, 0.2) is 42.2 Å². The van der Waals surface area contributed by atoms with Gasteiger partial charge in [0.15, 0.2) is 0 Å². The summed E-state index contributed by atoms with van der Waals surface area (Å²) in [5.74, 6) is -1.19. The number of fused-ring (bicyclic) bond motifs is 2. The highest BCUT2D eigenvalue weighted by Gasteiger charge is 2.31. The van der Waals surface area contributed by atoms with E-state index in [4.69, 9.17) is 5.73 Å². The first kappa shape index (κ1) is 23.1. The van der Waals surface area contributed by atoms with Crippen LogP contribution < -0.4 is 11.1 Å². The van der Waals surface area contributed by atoms with Crippen molar-refractivity contribution in [3.05, 3.63) is 42.2 Å². The van der Waals surface area contributed by atoms with Gasteiger partial charge in [0.1, 0.15) is 5.82 Å². The summed E-state index contributed by atoms with van der Waals surface area (Å²) in [6.45, 7) is 4.37. The normalized spacial score (nSPS) is 15.6. The number of nitrogens with one attached hydrogen (secondary N) is 2. The number of hydrogen-bond acceptors (Lipinski definition) is 8. The third-order valence-corrected chi connectivity index (χ3v) is 6.33.